The molecule has 0 unspecified atom stereocenters. The number of nitrogens with one attached hydrogen (secondary N) is 1. The van der Waals surface area contributed by atoms with Crippen molar-refractivity contribution in [1.29, 1.82) is 0 Å². The van der Waals surface area contributed by atoms with Gasteiger partial charge in [0.25, 0.3) is 0 Å². The maximum Gasteiger partial charge on any atom is 0.207 e. The van der Waals surface area contributed by atoms with Crippen LogP contribution in [0.2, 0.25) is 0 Å². The van der Waals surface area contributed by atoms with Crippen LogP contribution in [0.25, 0.3) is 0 Å². The van der Waals surface area contributed by atoms with Crippen LogP contribution in [-0.4, -0.2) is 39.2 Å². The van der Waals surface area contributed by atoms with Crippen molar-refractivity contribution in [2.45, 2.75) is 33.7 Å². The first-order valence-electron chi connectivity index (χ1n) is 11.2. The van der Waals surface area contributed by atoms with E-state index in [0.29, 0.717) is 25.5 Å². The smallest absolute Gasteiger partial charge is 0.207 e. The number of aliphatic imine (C=N–C) groups is 1. The lowest BCUT2D eigenvalue weighted by Crippen LogP contribution is -2.32. The average Bonchev–Trinajstić information content (AvgIpc) is 2.82. The van der Waals surface area contributed by atoms with Crippen LogP contribution in [0.15, 0.2) is 71.4 Å². The van der Waals surface area contributed by atoms with Crippen LogP contribution in [0.4, 0.5) is 16.0 Å². The molecular formula is C26H28FN7. The first-order valence-corrected chi connectivity index (χ1v) is 11.2. The third kappa shape index (κ3) is 5.89. The van der Waals surface area contributed by atoms with Crippen molar-refractivity contribution in [2.24, 2.45) is 4.99 Å². The van der Waals surface area contributed by atoms with Gasteiger partial charge in [-0.3, -0.25) is 15.0 Å². The van der Waals surface area contributed by atoms with Gasteiger partial charge in [-0.25, -0.2) is 9.97 Å². The van der Waals surface area contributed by atoms with E-state index in [-0.39, 0.29) is 5.82 Å². The van der Waals surface area contributed by atoms with Crippen molar-refractivity contribution >= 4 is 17.9 Å². The summed E-state index contributed by atoms with van der Waals surface area (Å²) in [5.41, 5.74) is 6.08. The van der Waals surface area contributed by atoms with E-state index in [2.05, 4.69) is 30.2 Å². The number of halogens is 1. The molecule has 0 fully saturated rings. The molecule has 8 heteroatoms. The zero-order chi connectivity index (χ0) is 23.9. The predicted octanol–water partition coefficient (Wildman–Crippen LogP) is 4.66. The number of anilines is 2. The third-order valence-electron chi connectivity index (χ3n) is 5.35. The molecule has 0 atom stereocenters. The SMILES string of the molecule is CC(C)=C/C(=C\N=Cc1ccnc(C)c1)CNc1ncnc(N2CCc3ncccc3C2)c1F. The molecule has 0 amide bonds. The van der Waals surface area contributed by atoms with Gasteiger partial charge in [0.1, 0.15) is 6.33 Å². The van der Waals surface area contributed by atoms with Crippen LogP contribution in [0.3, 0.4) is 0 Å². The topological polar surface area (TPSA) is 79.2 Å². The van der Waals surface area contributed by atoms with E-state index in [1.165, 1.54) is 6.33 Å². The van der Waals surface area contributed by atoms with Crippen molar-refractivity contribution in [1.82, 2.24) is 19.9 Å². The summed E-state index contributed by atoms with van der Waals surface area (Å²) < 4.78 is 15.3. The highest BCUT2D eigenvalue weighted by molar-refractivity contribution is 5.80. The highest BCUT2D eigenvalue weighted by Crippen LogP contribution is 2.26. The monoisotopic (exact) mass is 457 g/mol. The number of aryl methyl sites for hydroxylation is 1. The van der Waals surface area contributed by atoms with Crippen molar-refractivity contribution in [3.05, 3.63) is 94.7 Å². The Morgan fingerprint density at radius 1 is 1.18 bits per heavy atom. The van der Waals surface area contributed by atoms with E-state index in [0.717, 1.165) is 40.1 Å². The summed E-state index contributed by atoms with van der Waals surface area (Å²) in [5.74, 6) is 0.0109. The number of hydrogen-bond donors (Lipinski definition) is 1. The zero-order valence-electron chi connectivity index (χ0n) is 19.7. The van der Waals surface area contributed by atoms with Gasteiger partial charge in [0.15, 0.2) is 11.6 Å². The fourth-order valence-corrected chi connectivity index (χ4v) is 3.81. The molecule has 4 rings (SSSR count). The number of pyridine rings is 2. The van der Waals surface area contributed by atoms with Crippen LogP contribution in [-0.2, 0) is 13.0 Å². The van der Waals surface area contributed by atoms with Crippen LogP contribution in [0.1, 0.15) is 36.4 Å². The number of aromatic nitrogens is 4. The molecular weight excluding hydrogens is 429 g/mol. The molecule has 3 aromatic heterocycles. The van der Waals surface area contributed by atoms with Gasteiger partial charge in [-0.05, 0) is 55.7 Å². The van der Waals surface area contributed by atoms with Crippen LogP contribution >= 0.6 is 0 Å². The van der Waals surface area contributed by atoms with Gasteiger partial charge < -0.3 is 10.2 Å². The summed E-state index contributed by atoms with van der Waals surface area (Å²) >= 11 is 0. The van der Waals surface area contributed by atoms with Crippen LogP contribution < -0.4 is 10.2 Å². The van der Waals surface area contributed by atoms with Gasteiger partial charge in [0.05, 0.1) is 0 Å². The number of rotatable bonds is 7. The summed E-state index contributed by atoms with van der Waals surface area (Å²) in [7, 11) is 0. The summed E-state index contributed by atoms with van der Waals surface area (Å²) in [4.78, 5) is 23.3. The van der Waals surface area contributed by atoms with E-state index in [1.807, 2.05) is 56.0 Å². The second-order valence-electron chi connectivity index (χ2n) is 8.43. The van der Waals surface area contributed by atoms with Gasteiger partial charge in [-0.1, -0.05) is 17.7 Å². The molecule has 34 heavy (non-hydrogen) atoms. The van der Waals surface area contributed by atoms with Crippen LogP contribution in [0, 0.1) is 12.7 Å². The number of fused-ring (bicyclic) bond motifs is 1. The molecule has 0 saturated heterocycles. The van der Waals surface area contributed by atoms with Crippen molar-refractivity contribution < 1.29 is 4.39 Å². The van der Waals surface area contributed by atoms with Crippen LogP contribution in [0.5, 0.6) is 0 Å². The molecule has 0 radical (unpaired) electrons. The lowest BCUT2D eigenvalue weighted by atomic mass is 10.1. The normalized spacial score (nSPS) is 13.6. The number of hydrogen-bond acceptors (Lipinski definition) is 7. The summed E-state index contributed by atoms with van der Waals surface area (Å²) in [6.45, 7) is 7.56. The molecule has 4 heterocycles. The first kappa shape index (κ1) is 23.2. The average molecular weight is 458 g/mol. The maximum absolute atomic E-state index is 15.3. The quantitative estimate of drug-likeness (QED) is 0.411. The van der Waals surface area contributed by atoms with Crippen molar-refractivity contribution in [3.63, 3.8) is 0 Å². The molecule has 3 aromatic rings. The minimum absolute atomic E-state index is 0.170. The molecule has 0 saturated carbocycles. The molecule has 1 aliphatic heterocycles. The van der Waals surface area contributed by atoms with Gasteiger partial charge in [-0.2, -0.15) is 4.39 Å². The third-order valence-corrected chi connectivity index (χ3v) is 5.35. The summed E-state index contributed by atoms with van der Waals surface area (Å²) in [6.07, 6.45) is 11.3. The highest BCUT2D eigenvalue weighted by Gasteiger charge is 2.22. The largest absolute Gasteiger partial charge is 0.363 e. The van der Waals surface area contributed by atoms with Gasteiger partial charge in [0.2, 0.25) is 5.82 Å². The lowest BCUT2D eigenvalue weighted by Gasteiger charge is -2.29. The van der Waals surface area contributed by atoms with E-state index >= 15 is 4.39 Å². The highest BCUT2D eigenvalue weighted by atomic mass is 19.1. The Balaban J connectivity index is 1.48. The Morgan fingerprint density at radius 3 is 2.88 bits per heavy atom. The van der Waals surface area contributed by atoms with E-state index in [9.17, 15) is 0 Å². The fraction of sp³-hybridized carbons (Fsp3) is 0.269. The molecule has 174 valence electrons. The molecule has 0 bridgehead atoms. The Bertz CT molecular complexity index is 1250. The molecule has 0 aromatic carbocycles. The fourth-order valence-electron chi connectivity index (χ4n) is 3.81. The maximum atomic E-state index is 15.3. The molecule has 1 aliphatic rings. The lowest BCUT2D eigenvalue weighted by molar-refractivity contribution is 0.595. The first-order chi connectivity index (χ1) is 16.5. The molecule has 1 N–H and O–H groups in total. The number of nitrogens with zero attached hydrogens (tertiary/aromatic N) is 6. The molecule has 0 aliphatic carbocycles. The Hall–Kier alpha value is -3.94. The Labute approximate surface area is 199 Å². The Morgan fingerprint density at radius 2 is 2.06 bits per heavy atom. The standard InChI is InChI=1S/C26H28FN7/c1-18(2)11-21(14-28-13-20-6-9-29-19(3)12-20)15-31-25-24(27)26(33-17-32-25)34-10-7-23-22(16-34)5-4-8-30-23/h4-6,8-9,11-14,17H,7,10,15-16H2,1-3H3,(H,31,32,33)/b21-14+,28-13?. The van der Waals surface area contributed by atoms with Gasteiger partial charge in [0, 0.05) is 62.3 Å². The van der Waals surface area contributed by atoms with Crippen molar-refractivity contribution in [3.8, 4) is 0 Å². The second kappa shape index (κ2) is 10.8. The minimum atomic E-state index is -0.456. The van der Waals surface area contributed by atoms with Gasteiger partial charge >= 0.3 is 0 Å². The minimum Gasteiger partial charge on any atom is -0.363 e. The van der Waals surface area contributed by atoms with Crippen molar-refractivity contribution in [2.75, 3.05) is 23.3 Å². The number of allylic oxidation sites excluding steroid dienone is 1. The summed E-state index contributed by atoms with van der Waals surface area (Å²) in [5, 5.41) is 3.11. The molecule has 7 nitrogen and oxygen atoms in total. The Kier molecular flexibility index (Phi) is 7.37. The van der Waals surface area contributed by atoms with Gasteiger partial charge in [-0.15, -0.1) is 0 Å². The second-order valence-corrected chi connectivity index (χ2v) is 8.43. The summed E-state index contributed by atoms with van der Waals surface area (Å²) in [6, 6.07) is 7.79. The van der Waals surface area contributed by atoms with E-state index in [4.69, 9.17) is 0 Å². The molecule has 0 spiro atoms. The van der Waals surface area contributed by atoms with E-state index < -0.39 is 5.82 Å². The predicted molar refractivity (Wildman–Crippen MR) is 134 cm³/mol. The zero-order valence-corrected chi connectivity index (χ0v) is 19.7. The van der Waals surface area contributed by atoms with E-state index in [1.54, 1.807) is 24.8 Å².